The monoisotopic (exact) mass is 315 g/mol. The van der Waals surface area contributed by atoms with E-state index in [1.165, 1.54) is 5.69 Å². The lowest BCUT2D eigenvalue weighted by Gasteiger charge is -2.36. The second-order valence-electron chi connectivity index (χ2n) is 5.86. The summed E-state index contributed by atoms with van der Waals surface area (Å²) in [6, 6.07) is 10.4. The molecule has 0 unspecified atom stereocenters. The van der Waals surface area contributed by atoms with Gasteiger partial charge < -0.3 is 4.90 Å². The maximum atomic E-state index is 11.1. The molecule has 0 atom stereocenters. The zero-order valence-electron chi connectivity index (χ0n) is 13.5. The molecular formula is C16H21N5O2. The molecule has 1 aromatic carbocycles. The van der Waals surface area contributed by atoms with Gasteiger partial charge in [0, 0.05) is 31.9 Å². The average Bonchev–Trinajstić information content (AvgIpc) is 2.83. The average molecular weight is 315 g/mol. The Morgan fingerprint density at radius 2 is 1.78 bits per heavy atom. The highest BCUT2D eigenvalue weighted by Gasteiger charge is 2.24. The molecule has 7 heteroatoms. The molecule has 0 aliphatic carbocycles. The van der Waals surface area contributed by atoms with E-state index in [2.05, 4.69) is 39.2 Å². The van der Waals surface area contributed by atoms with Crippen LogP contribution in [-0.4, -0.2) is 45.8 Å². The number of nitro groups is 1. The number of aromatic nitrogens is 2. The molecule has 1 aromatic heterocycles. The fourth-order valence-corrected chi connectivity index (χ4v) is 3.07. The summed E-state index contributed by atoms with van der Waals surface area (Å²) in [6.07, 6.45) is 0. The van der Waals surface area contributed by atoms with E-state index in [4.69, 9.17) is 0 Å². The molecule has 0 N–H and O–H groups in total. The van der Waals surface area contributed by atoms with E-state index in [-0.39, 0.29) is 10.6 Å². The fraction of sp³-hybridized carbons (Fsp3) is 0.438. The van der Waals surface area contributed by atoms with Crippen molar-refractivity contribution in [3.05, 3.63) is 51.8 Å². The summed E-state index contributed by atoms with van der Waals surface area (Å²) in [5.74, 6) is 0. The van der Waals surface area contributed by atoms with E-state index in [9.17, 15) is 10.1 Å². The van der Waals surface area contributed by atoms with Crippen molar-refractivity contribution in [3.8, 4) is 0 Å². The van der Waals surface area contributed by atoms with Crippen molar-refractivity contribution < 1.29 is 4.92 Å². The van der Waals surface area contributed by atoms with Crippen molar-refractivity contribution in [3.63, 3.8) is 0 Å². The number of anilines is 1. The summed E-state index contributed by atoms with van der Waals surface area (Å²) in [7, 11) is 0. The Kier molecular flexibility index (Phi) is 4.29. The molecule has 23 heavy (non-hydrogen) atoms. The van der Waals surface area contributed by atoms with Crippen LogP contribution in [0.3, 0.4) is 0 Å². The molecule has 0 bridgehead atoms. The van der Waals surface area contributed by atoms with E-state index in [1.54, 1.807) is 18.5 Å². The number of para-hydroxylation sites is 1. The molecule has 0 radical (unpaired) electrons. The Balaban J connectivity index is 1.63. The van der Waals surface area contributed by atoms with Crippen LogP contribution in [-0.2, 0) is 6.67 Å². The third-order valence-electron chi connectivity index (χ3n) is 4.35. The molecule has 7 nitrogen and oxygen atoms in total. The quantitative estimate of drug-likeness (QED) is 0.639. The first-order valence-corrected chi connectivity index (χ1v) is 7.77. The molecule has 0 saturated carbocycles. The van der Waals surface area contributed by atoms with Crippen LogP contribution < -0.4 is 4.90 Å². The highest BCUT2D eigenvalue weighted by atomic mass is 16.6. The summed E-state index contributed by atoms with van der Waals surface area (Å²) >= 11 is 0. The van der Waals surface area contributed by atoms with Crippen LogP contribution >= 0.6 is 0 Å². The minimum atomic E-state index is -0.346. The van der Waals surface area contributed by atoms with E-state index in [0.29, 0.717) is 18.1 Å². The molecule has 0 spiro atoms. The maximum absolute atomic E-state index is 11.1. The Bertz CT molecular complexity index is 690. The first-order valence-electron chi connectivity index (χ1n) is 7.77. The molecule has 1 aliphatic rings. The molecule has 2 aromatic rings. The van der Waals surface area contributed by atoms with Gasteiger partial charge in [-0.1, -0.05) is 18.2 Å². The Morgan fingerprint density at radius 3 is 2.35 bits per heavy atom. The number of hydrogen-bond donors (Lipinski definition) is 0. The van der Waals surface area contributed by atoms with Crippen molar-refractivity contribution in [2.45, 2.75) is 20.5 Å². The van der Waals surface area contributed by atoms with Gasteiger partial charge in [-0.05, 0) is 26.0 Å². The van der Waals surface area contributed by atoms with Gasteiger partial charge in [0.25, 0.3) is 0 Å². The van der Waals surface area contributed by atoms with Gasteiger partial charge in [-0.2, -0.15) is 5.10 Å². The molecule has 1 aliphatic heterocycles. The Hall–Kier alpha value is -2.41. The highest BCUT2D eigenvalue weighted by Crippen LogP contribution is 2.22. The van der Waals surface area contributed by atoms with Crippen molar-refractivity contribution in [2.24, 2.45) is 0 Å². The zero-order chi connectivity index (χ0) is 16.4. The number of hydrogen-bond acceptors (Lipinski definition) is 5. The fourth-order valence-electron chi connectivity index (χ4n) is 3.07. The number of rotatable bonds is 4. The predicted molar refractivity (Wildman–Crippen MR) is 88.6 cm³/mol. The summed E-state index contributed by atoms with van der Waals surface area (Å²) in [6.45, 7) is 7.79. The minimum absolute atomic E-state index is 0.132. The molecule has 0 amide bonds. The topological polar surface area (TPSA) is 67.4 Å². The van der Waals surface area contributed by atoms with Crippen LogP contribution in [0, 0.1) is 24.0 Å². The van der Waals surface area contributed by atoms with Crippen molar-refractivity contribution in [2.75, 3.05) is 31.1 Å². The van der Waals surface area contributed by atoms with E-state index < -0.39 is 0 Å². The van der Waals surface area contributed by atoms with Crippen LogP contribution in [0.15, 0.2) is 30.3 Å². The van der Waals surface area contributed by atoms with Gasteiger partial charge in [-0.15, -0.1) is 0 Å². The second kappa shape index (κ2) is 6.37. The first-order chi connectivity index (χ1) is 11.1. The maximum Gasteiger partial charge on any atom is 0.312 e. The molecule has 1 saturated heterocycles. The van der Waals surface area contributed by atoms with E-state index >= 15 is 0 Å². The Labute approximate surface area is 135 Å². The van der Waals surface area contributed by atoms with Gasteiger partial charge in [-0.3, -0.25) is 15.0 Å². The van der Waals surface area contributed by atoms with Crippen molar-refractivity contribution in [1.29, 1.82) is 0 Å². The Morgan fingerprint density at radius 1 is 1.13 bits per heavy atom. The predicted octanol–water partition coefficient (Wildman–Crippen LogP) is 2.19. The van der Waals surface area contributed by atoms with E-state index in [0.717, 1.165) is 26.2 Å². The summed E-state index contributed by atoms with van der Waals surface area (Å²) in [5.41, 5.74) is 2.48. The largest absolute Gasteiger partial charge is 0.369 e. The minimum Gasteiger partial charge on any atom is -0.369 e. The van der Waals surface area contributed by atoms with Gasteiger partial charge >= 0.3 is 5.69 Å². The summed E-state index contributed by atoms with van der Waals surface area (Å²) in [5, 5.41) is 15.4. The molecular weight excluding hydrogens is 294 g/mol. The smallest absolute Gasteiger partial charge is 0.312 e. The third-order valence-corrected chi connectivity index (χ3v) is 4.35. The number of nitrogens with zero attached hydrogens (tertiary/aromatic N) is 5. The number of piperazine rings is 1. The molecule has 1 fully saturated rings. The van der Waals surface area contributed by atoms with Gasteiger partial charge in [0.15, 0.2) is 0 Å². The lowest BCUT2D eigenvalue weighted by molar-refractivity contribution is -0.386. The van der Waals surface area contributed by atoms with Crippen molar-refractivity contribution in [1.82, 2.24) is 14.7 Å². The third kappa shape index (κ3) is 3.19. The van der Waals surface area contributed by atoms with Gasteiger partial charge in [0.1, 0.15) is 11.4 Å². The van der Waals surface area contributed by atoms with Crippen molar-refractivity contribution >= 4 is 11.4 Å². The second-order valence-corrected chi connectivity index (χ2v) is 5.86. The van der Waals surface area contributed by atoms with Crippen LogP contribution in [0.4, 0.5) is 11.4 Å². The van der Waals surface area contributed by atoms with Crippen LogP contribution in [0.1, 0.15) is 11.4 Å². The van der Waals surface area contributed by atoms with Crippen LogP contribution in [0.5, 0.6) is 0 Å². The van der Waals surface area contributed by atoms with Crippen LogP contribution in [0.25, 0.3) is 0 Å². The molecule has 2 heterocycles. The first kappa shape index (κ1) is 15.5. The number of benzene rings is 1. The summed E-state index contributed by atoms with van der Waals surface area (Å²) < 4.78 is 1.74. The normalized spacial score (nSPS) is 15.8. The van der Waals surface area contributed by atoms with E-state index in [1.807, 2.05) is 6.07 Å². The molecule has 122 valence electrons. The highest BCUT2D eigenvalue weighted by molar-refractivity contribution is 5.46. The zero-order valence-corrected chi connectivity index (χ0v) is 13.5. The van der Waals surface area contributed by atoms with Gasteiger partial charge in [0.05, 0.1) is 11.6 Å². The van der Waals surface area contributed by atoms with Gasteiger partial charge in [-0.25, -0.2) is 4.68 Å². The lowest BCUT2D eigenvalue weighted by Crippen LogP contribution is -2.47. The SMILES string of the molecule is Cc1nn(CN2CCN(c3ccccc3)CC2)c(C)c1[N+](=O)[O-]. The van der Waals surface area contributed by atoms with Crippen LogP contribution in [0.2, 0.25) is 0 Å². The number of aryl methyl sites for hydroxylation is 1. The summed E-state index contributed by atoms with van der Waals surface area (Å²) in [4.78, 5) is 15.4. The molecule has 3 rings (SSSR count). The standard InChI is InChI=1S/C16H21N5O2/c1-13-16(21(22)23)14(2)20(17-13)12-18-8-10-19(11-9-18)15-6-4-3-5-7-15/h3-7H,8-12H2,1-2H3. The lowest BCUT2D eigenvalue weighted by atomic mass is 10.2. The van der Waals surface area contributed by atoms with Gasteiger partial charge in [0.2, 0.25) is 0 Å².